The third-order valence-corrected chi connectivity index (χ3v) is 3.62. The van der Waals surface area contributed by atoms with Gasteiger partial charge in [-0.15, -0.1) is 0 Å². The molecular weight excluding hydrogens is 330 g/mol. The fraction of sp³-hybridized carbons (Fsp3) is 0.0476. The SMILES string of the molecule is Cc1ccccc1N(C(=O)Oc1ccccc1)C(=O)Oc1ccccc1. The van der Waals surface area contributed by atoms with Gasteiger partial charge in [-0.1, -0.05) is 54.6 Å². The molecule has 5 heteroatoms. The monoisotopic (exact) mass is 347 g/mol. The molecule has 5 nitrogen and oxygen atoms in total. The molecule has 0 heterocycles. The average molecular weight is 347 g/mol. The van der Waals surface area contributed by atoms with Crippen LogP contribution in [0, 0.1) is 6.92 Å². The van der Waals surface area contributed by atoms with Gasteiger partial charge in [0.2, 0.25) is 0 Å². The fourth-order valence-electron chi connectivity index (χ4n) is 2.36. The predicted octanol–water partition coefficient (Wildman–Crippen LogP) is 5.20. The third kappa shape index (κ3) is 4.08. The maximum atomic E-state index is 12.7. The summed E-state index contributed by atoms with van der Waals surface area (Å²) in [5.41, 5.74) is 1.14. The van der Waals surface area contributed by atoms with E-state index in [1.165, 1.54) is 0 Å². The zero-order valence-corrected chi connectivity index (χ0v) is 14.2. The Kier molecular flexibility index (Phi) is 5.29. The standard InChI is InChI=1S/C21H17NO4/c1-16-10-8-9-15-19(16)22(20(23)25-17-11-4-2-5-12-17)21(24)26-18-13-6-3-7-14-18/h2-15H,1H3. The van der Waals surface area contributed by atoms with E-state index in [0.717, 1.165) is 10.5 Å². The number of hydrogen-bond donors (Lipinski definition) is 0. The number of carbonyl (C=O) groups excluding carboxylic acids is 2. The van der Waals surface area contributed by atoms with Crippen LogP contribution in [0.15, 0.2) is 84.9 Å². The van der Waals surface area contributed by atoms with Gasteiger partial charge in [-0.3, -0.25) is 0 Å². The number of anilines is 1. The highest BCUT2D eigenvalue weighted by Gasteiger charge is 2.28. The number of hydrogen-bond acceptors (Lipinski definition) is 4. The zero-order valence-electron chi connectivity index (χ0n) is 14.2. The Balaban J connectivity index is 1.90. The highest BCUT2D eigenvalue weighted by Crippen LogP contribution is 2.23. The number of rotatable bonds is 3. The van der Waals surface area contributed by atoms with Crippen molar-refractivity contribution in [2.75, 3.05) is 4.90 Å². The number of aryl methyl sites for hydroxylation is 1. The molecular formula is C21H17NO4. The highest BCUT2D eigenvalue weighted by molar-refractivity contribution is 6.11. The predicted molar refractivity (Wildman–Crippen MR) is 98.6 cm³/mol. The van der Waals surface area contributed by atoms with Crippen LogP contribution in [0.3, 0.4) is 0 Å². The van der Waals surface area contributed by atoms with Crippen LogP contribution in [0.2, 0.25) is 0 Å². The van der Waals surface area contributed by atoms with Crippen molar-refractivity contribution in [1.29, 1.82) is 0 Å². The molecule has 0 aliphatic heterocycles. The Morgan fingerprint density at radius 3 is 1.54 bits per heavy atom. The van der Waals surface area contributed by atoms with Crippen molar-refractivity contribution in [3.63, 3.8) is 0 Å². The Morgan fingerprint density at radius 1 is 0.654 bits per heavy atom. The van der Waals surface area contributed by atoms with E-state index in [9.17, 15) is 9.59 Å². The molecule has 3 aromatic carbocycles. The van der Waals surface area contributed by atoms with Crippen LogP contribution in [0.4, 0.5) is 15.3 Å². The second kappa shape index (κ2) is 7.98. The number of carbonyl (C=O) groups is 2. The summed E-state index contributed by atoms with van der Waals surface area (Å²) in [5, 5.41) is 0. The highest BCUT2D eigenvalue weighted by atomic mass is 16.6. The molecule has 0 spiro atoms. The normalized spacial score (nSPS) is 10.0. The minimum atomic E-state index is -0.841. The van der Waals surface area contributed by atoms with E-state index in [4.69, 9.17) is 9.47 Å². The molecule has 26 heavy (non-hydrogen) atoms. The quantitative estimate of drug-likeness (QED) is 0.653. The van der Waals surface area contributed by atoms with Crippen molar-refractivity contribution in [2.24, 2.45) is 0 Å². The average Bonchev–Trinajstić information content (AvgIpc) is 2.65. The number of ether oxygens (including phenoxy) is 2. The molecule has 0 aliphatic carbocycles. The van der Waals surface area contributed by atoms with E-state index in [0.29, 0.717) is 17.2 Å². The first-order valence-electron chi connectivity index (χ1n) is 8.04. The molecule has 0 unspecified atom stereocenters. The van der Waals surface area contributed by atoms with Gasteiger partial charge in [0.25, 0.3) is 0 Å². The summed E-state index contributed by atoms with van der Waals surface area (Å²) in [4.78, 5) is 26.3. The number of amides is 2. The van der Waals surface area contributed by atoms with Gasteiger partial charge in [0.05, 0.1) is 5.69 Å². The second-order valence-corrected chi connectivity index (χ2v) is 5.48. The van der Waals surface area contributed by atoms with E-state index in [-0.39, 0.29) is 0 Å². The first-order valence-corrected chi connectivity index (χ1v) is 8.04. The van der Waals surface area contributed by atoms with Crippen molar-refractivity contribution < 1.29 is 19.1 Å². The Labute approximate surface area is 151 Å². The first kappa shape index (κ1) is 17.2. The fourth-order valence-corrected chi connectivity index (χ4v) is 2.36. The summed E-state index contributed by atoms with van der Waals surface area (Å²) in [6.45, 7) is 1.80. The second-order valence-electron chi connectivity index (χ2n) is 5.48. The van der Waals surface area contributed by atoms with Crippen molar-refractivity contribution >= 4 is 17.9 Å². The lowest BCUT2D eigenvalue weighted by Crippen LogP contribution is -2.41. The van der Waals surface area contributed by atoms with Crippen LogP contribution in [0.1, 0.15) is 5.56 Å². The summed E-state index contributed by atoms with van der Waals surface area (Å²) in [6.07, 6.45) is -1.68. The van der Waals surface area contributed by atoms with E-state index >= 15 is 0 Å². The smallest absolute Gasteiger partial charge is 0.410 e. The van der Waals surface area contributed by atoms with Crippen molar-refractivity contribution in [2.45, 2.75) is 6.92 Å². The van der Waals surface area contributed by atoms with Crippen LogP contribution >= 0.6 is 0 Å². The van der Waals surface area contributed by atoms with Crippen LogP contribution in [0.5, 0.6) is 11.5 Å². The van der Waals surface area contributed by atoms with Gasteiger partial charge in [-0.25, -0.2) is 9.59 Å². The van der Waals surface area contributed by atoms with Crippen molar-refractivity contribution in [1.82, 2.24) is 0 Å². The molecule has 0 aromatic heterocycles. The summed E-state index contributed by atoms with van der Waals surface area (Å²) in [7, 11) is 0. The Bertz CT molecular complexity index is 841. The van der Waals surface area contributed by atoms with Crippen LogP contribution in [0.25, 0.3) is 0 Å². The van der Waals surface area contributed by atoms with Crippen molar-refractivity contribution in [3.05, 3.63) is 90.5 Å². The molecule has 0 bridgehead atoms. The molecule has 0 radical (unpaired) electrons. The van der Waals surface area contributed by atoms with Gasteiger partial charge in [0, 0.05) is 0 Å². The van der Waals surface area contributed by atoms with Crippen LogP contribution < -0.4 is 14.4 Å². The molecule has 130 valence electrons. The Morgan fingerprint density at radius 2 is 1.08 bits per heavy atom. The zero-order chi connectivity index (χ0) is 18.4. The van der Waals surface area contributed by atoms with E-state index < -0.39 is 12.2 Å². The minimum absolute atomic E-state index is 0.337. The number of nitrogens with zero attached hydrogens (tertiary/aromatic N) is 1. The summed E-state index contributed by atoms with van der Waals surface area (Å²) in [6, 6.07) is 24.1. The molecule has 0 atom stereocenters. The topological polar surface area (TPSA) is 55.8 Å². The maximum Gasteiger partial charge on any atom is 0.429 e. The molecule has 0 N–H and O–H groups in total. The third-order valence-electron chi connectivity index (χ3n) is 3.62. The minimum Gasteiger partial charge on any atom is -0.410 e. The molecule has 0 fully saturated rings. The maximum absolute atomic E-state index is 12.7. The van der Waals surface area contributed by atoms with Crippen molar-refractivity contribution in [3.8, 4) is 11.5 Å². The molecule has 3 rings (SSSR count). The summed E-state index contributed by atoms with van der Waals surface area (Å²) < 4.78 is 10.7. The summed E-state index contributed by atoms with van der Waals surface area (Å²) in [5.74, 6) is 0.673. The lowest BCUT2D eigenvalue weighted by atomic mass is 10.2. The number of para-hydroxylation sites is 3. The van der Waals surface area contributed by atoms with Gasteiger partial charge in [0.15, 0.2) is 0 Å². The molecule has 0 aliphatic rings. The van der Waals surface area contributed by atoms with E-state index in [1.54, 1.807) is 85.8 Å². The lowest BCUT2D eigenvalue weighted by Gasteiger charge is -2.21. The van der Waals surface area contributed by atoms with Gasteiger partial charge in [0.1, 0.15) is 11.5 Å². The van der Waals surface area contributed by atoms with Crippen LogP contribution in [-0.2, 0) is 0 Å². The van der Waals surface area contributed by atoms with E-state index in [2.05, 4.69) is 0 Å². The van der Waals surface area contributed by atoms with Gasteiger partial charge in [-0.2, -0.15) is 4.90 Å². The number of benzene rings is 3. The molecule has 3 aromatic rings. The first-order chi connectivity index (χ1) is 12.6. The van der Waals surface area contributed by atoms with Gasteiger partial charge < -0.3 is 9.47 Å². The molecule has 0 saturated heterocycles. The van der Waals surface area contributed by atoms with E-state index in [1.807, 2.05) is 6.07 Å². The van der Waals surface area contributed by atoms with Gasteiger partial charge >= 0.3 is 12.2 Å². The van der Waals surface area contributed by atoms with Crippen LogP contribution in [-0.4, -0.2) is 12.2 Å². The summed E-state index contributed by atoms with van der Waals surface area (Å²) >= 11 is 0. The largest absolute Gasteiger partial charge is 0.429 e. The lowest BCUT2D eigenvalue weighted by molar-refractivity contribution is 0.190. The molecule has 0 saturated carbocycles. The molecule has 2 amide bonds. The number of imide groups is 1. The Hall–Kier alpha value is -3.60. The van der Waals surface area contributed by atoms with Gasteiger partial charge in [-0.05, 0) is 42.8 Å².